The van der Waals surface area contributed by atoms with E-state index in [0.717, 1.165) is 0 Å². The minimum atomic E-state index is -0.412. The van der Waals surface area contributed by atoms with Crippen LogP contribution in [0.25, 0.3) is 0 Å². The van der Waals surface area contributed by atoms with Gasteiger partial charge in [-0.1, -0.05) is 13.8 Å². The Kier molecular flexibility index (Phi) is 5.58. The van der Waals surface area contributed by atoms with Crippen LogP contribution in [0.4, 0.5) is 4.39 Å². The van der Waals surface area contributed by atoms with Gasteiger partial charge in [-0.05, 0) is 24.3 Å². The Labute approximate surface area is 106 Å². The van der Waals surface area contributed by atoms with Gasteiger partial charge in [-0.15, -0.1) is 0 Å². The second-order valence-electron chi connectivity index (χ2n) is 4.37. The second kappa shape index (κ2) is 6.96. The molecule has 3 N–H and O–H groups in total. The third-order valence-electron chi connectivity index (χ3n) is 2.37. The van der Waals surface area contributed by atoms with Crippen LogP contribution >= 0.6 is 0 Å². The molecule has 1 aromatic carbocycles. The molecule has 0 saturated heterocycles. The zero-order chi connectivity index (χ0) is 13.5. The van der Waals surface area contributed by atoms with Gasteiger partial charge in [0.1, 0.15) is 11.6 Å². The second-order valence-corrected chi connectivity index (χ2v) is 4.37. The van der Waals surface area contributed by atoms with Gasteiger partial charge in [0.2, 0.25) is 5.91 Å². The fraction of sp³-hybridized carbons (Fsp3) is 0.462. The highest BCUT2D eigenvalue weighted by atomic mass is 19.1. The molecule has 1 atom stereocenters. The summed E-state index contributed by atoms with van der Waals surface area (Å²) < 4.78 is 18.1. The molecule has 0 aromatic heterocycles. The first-order valence-corrected chi connectivity index (χ1v) is 5.92. The number of carbonyl (C=O) groups excluding carboxylic acids is 1. The number of hydrogen-bond donors (Lipinski definition) is 2. The molecule has 0 aliphatic rings. The van der Waals surface area contributed by atoms with Crippen molar-refractivity contribution in [1.29, 1.82) is 0 Å². The van der Waals surface area contributed by atoms with Gasteiger partial charge in [-0.25, -0.2) is 4.39 Å². The summed E-state index contributed by atoms with van der Waals surface area (Å²) in [7, 11) is 0. The number of rotatable bonds is 7. The van der Waals surface area contributed by atoms with Gasteiger partial charge < -0.3 is 15.8 Å². The van der Waals surface area contributed by atoms with Gasteiger partial charge >= 0.3 is 0 Å². The lowest BCUT2D eigenvalue weighted by atomic mass is 10.2. The smallest absolute Gasteiger partial charge is 0.234 e. The summed E-state index contributed by atoms with van der Waals surface area (Å²) in [5.74, 6) is -0.130. The molecule has 1 amide bonds. The normalized spacial score (nSPS) is 12.4. The molecule has 4 nitrogen and oxygen atoms in total. The molecule has 1 rings (SSSR count). The zero-order valence-corrected chi connectivity index (χ0v) is 10.7. The van der Waals surface area contributed by atoms with Crippen molar-refractivity contribution < 1.29 is 13.9 Å². The van der Waals surface area contributed by atoms with Crippen molar-refractivity contribution in [2.45, 2.75) is 32.4 Å². The Morgan fingerprint density at radius 3 is 2.50 bits per heavy atom. The van der Waals surface area contributed by atoms with Gasteiger partial charge in [0.15, 0.2) is 0 Å². The first kappa shape index (κ1) is 14.4. The first-order chi connectivity index (χ1) is 8.49. The largest absolute Gasteiger partial charge is 0.494 e. The molecule has 0 aliphatic heterocycles. The van der Waals surface area contributed by atoms with Crippen LogP contribution in [0.3, 0.4) is 0 Å². The maximum atomic E-state index is 12.7. The lowest BCUT2D eigenvalue weighted by molar-refractivity contribution is -0.120. The molecule has 0 fully saturated rings. The van der Waals surface area contributed by atoms with Crippen molar-refractivity contribution in [3.8, 4) is 5.75 Å². The number of hydrogen-bond acceptors (Lipinski definition) is 3. The molecule has 100 valence electrons. The molecule has 0 radical (unpaired) electrons. The van der Waals surface area contributed by atoms with Crippen LogP contribution in [0.5, 0.6) is 5.75 Å². The highest BCUT2D eigenvalue weighted by Crippen LogP contribution is 2.11. The Morgan fingerprint density at radius 2 is 2.00 bits per heavy atom. The van der Waals surface area contributed by atoms with Crippen molar-refractivity contribution in [1.82, 2.24) is 5.32 Å². The molecule has 0 saturated carbocycles. The number of carbonyl (C=O) groups is 1. The number of primary amides is 1. The fourth-order valence-corrected chi connectivity index (χ4v) is 1.54. The standard InChI is InChI=1S/C13H19FN2O2/c1-9(2)16-12(13(15)17)7-8-18-11-5-3-10(14)4-6-11/h3-6,9,12,16H,7-8H2,1-2H3,(H2,15,17). The van der Waals surface area contributed by atoms with Crippen LogP contribution in [-0.2, 0) is 4.79 Å². The molecule has 18 heavy (non-hydrogen) atoms. The van der Waals surface area contributed by atoms with Crippen LogP contribution in [0.15, 0.2) is 24.3 Å². The minimum Gasteiger partial charge on any atom is -0.494 e. The van der Waals surface area contributed by atoms with Gasteiger partial charge in [0, 0.05) is 12.5 Å². The van der Waals surface area contributed by atoms with Crippen LogP contribution in [0, 0.1) is 5.82 Å². The van der Waals surface area contributed by atoms with E-state index in [1.54, 1.807) is 12.1 Å². The van der Waals surface area contributed by atoms with Gasteiger partial charge in [-0.3, -0.25) is 4.79 Å². The lowest BCUT2D eigenvalue weighted by Gasteiger charge is -2.18. The fourth-order valence-electron chi connectivity index (χ4n) is 1.54. The number of benzene rings is 1. The Hall–Kier alpha value is -1.62. The van der Waals surface area contributed by atoms with Crippen molar-refractivity contribution >= 4 is 5.91 Å². The summed E-state index contributed by atoms with van der Waals surface area (Å²) in [5, 5.41) is 3.06. The van der Waals surface area contributed by atoms with Crippen molar-refractivity contribution in [3.05, 3.63) is 30.1 Å². The molecule has 0 spiro atoms. The predicted octanol–water partition coefficient (Wildman–Crippen LogP) is 1.45. The minimum absolute atomic E-state index is 0.174. The van der Waals surface area contributed by atoms with E-state index in [2.05, 4.69) is 5.32 Å². The predicted molar refractivity (Wildman–Crippen MR) is 67.8 cm³/mol. The molecule has 1 aromatic rings. The average molecular weight is 254 g/mol. The molecular formula is C13H19FN2O2. The molecule has 0 heterocycles. The number of halogens is 1. The van der Waals surface area contributed by atoms with Gasteiger partial charge in [0.05, 0.1) is 12.6 Å². The number of nitrogens with one attached hydrogen (secondary N) is 1. The maximum absolute atomic E-state index is 12.7. The van der Waals surface area contributed by atoms with E-state index in [-0.39, 0.29) is 11.9 Å². The maximum Gasteiger partial charge on any atom is 0.234 e. The first-order valence-electron chi connectivity index (χ1n) is 5.92. The summed E-state index contributed by atoms with van der Waals surface area (Å²) in [6, 6.07) is 5.51. The van der Waals surface area contributed by atoms with E-state index in [9.17, 15) is 9.18 Å². The summed E-state index contributed by atoms with van der Waals surface area (Å²) in [4.78, 5) is 11.2. The number of nitrogens with two attached hydrogens (primary N) is 1. The summed E-state index contributed by atoms with van der Waals surface area (Å²) in [6.07, 6.45) is 0.477. The molecular weight excluding hydrogens is 235 g/mol. The molecule has 5 heteroatoms. The highest BCUT2D eigenvalue weighted by Gasteiger charge is 2.15. The average Bonchev–Trinajstić information content (AvgIpc) is 2.29. The number of ether oxygens (including phenoxy) is 1. The Bertz CT molecular complexity index is 379. The van der Waals surface area contributed by atoms with E-state index in [1.165, 1.54) is 12.1 Å². The van der Waals surface area contributed by atoms with Gasteiger partial charge in [0.25, 0.3) is 0 Å². The van der Waals surface area contributed by atoms with Crippen molar-refractivity contribution in [3.63, 3.8) is 0 Å². The third kappa shape index (κ3) is 5.14. The van der Waals surface area contributed by atoms with E-state index in [4.69, 9.17) is 10.5 Å². The zero-order valence-electron chi connectivity index (χ0n) is 10.7. The van der Waals surface area contributed by atoms with Crippen LogP contribution in [0.1, 0.15) is 20.3 Å². The Morgan fingerprint density at radius 1 is 1.39 bits per heavy atom. The molecule has 0 aliphatic carbocycles. The lowest BCUT2D eigenvalue weighted by Crippen LogP contribution is -2.45. The number of amides is 1. The molecule has 0 bridgehead atoms. The van der Waals surface area contributed by atoms with Crippen molar-refractivity contribution in [2.24, 2.45) is 5.73 Å². The SMILES string of the molecule is CC(C)NC(CCOc1ccc(F)cc1)C(N)=O. The van der Waals surface area contributed by atoms with Crippen LogP contribution in [-0.4, -0.2) is 24.6 Å². The van der Waals surface area contributed by atoms with Crippen LogP contribution < -0.4 is 15.8 Å². The quantitative estimate of drug-likeness (QED) is 0.774. The third-order valence-corrected chi connectivity index (χ3v) is 2.37. The monoisotopic (exact) mass is 254 g/mol. The Balaban J connectivity index is 2.38. The summed E-state index contributed by atoms with van der Waals surface area (Å²) in [6.45, 7) is 4.23. The highest BCUT2D eigenvalue weighted by molar-refractivity contribution is 5.79. The van der Waals surface area contributed by atoms with E-state index < -0.39 is 11.9 Å². The van der Waals surface area contributed by atoms with Crippen LogP contribution in [0.2, 0.25) is 0 Å². The molecule has 1 unspecified atom stereocenters. The summed E-state index contributed by atoms with van der Waals surface area (Å²) >= 11 is 0. The van der Waals surface area contributed by atoms with Crippen molar-refractivity contribution in [2.75, 3.05) is 6.61 Å². The summed E-state index contributed by atoms with van der Waals surface area (Å²) in [5.41, 5.74) is 5.28. The van der Waals surface area contributed by atoms with Gasteiger partial charge in [-0.2, -0.15) is 0 Å². The van der Waals surface area contributed by atoms with E-state index in [0.29, 0.717) is 18.8 Å². The topological polar surface area (TPSA) is 64.3 Å². The van der Waals surface area contributed by atoms with E-state index >= 15 is 0 Å². The van der Waals surface area contributed by atoms with E-state index in [1.807, 2.05) is 13.8 Å².